The maximum atomic E-state index is 14.8. The SMILES string of the molecule is COc1ccc2ncc(F)c([C@H](N)CCC3CCN(CCSc4cc(F)cc(F)c4F)CC3C(=O)O)c2c1. The van der Waals surface area contributed by atoms with Gasteiger partial charge in [-0.15, -0.1) is 11.8 Å². The van der Waals surface area contributed by atoms with Crippen molar-refractivity contribution in [1.29, 1.82) is 0 Å². The summed E-state index contributed by atoms with van der Waals surface area (Å²) in [5, 5.41) is 10.4. The number of hydrogen-bond donors (Lipinski definition) is 2. The summed E-state index contributed by atoms with van der Waals surface area (Å²) >= 11 is 0.986. The van der Waals surface area contributed by atoms with E-state index in [1.165, 1.54) is 7.11 Å². The Hall–Kier alpha value is -2.89. The van der Waals surface area contributed by atoms with Gasteiger partial charge in [0.1, 0.15) is 17.4 Å². The van der Waals surface area contributed by atoms with Crippen LogP contribution in [-0.4, -0.2) is 53.5 Å². The highest BCUT2D eigenvalue weighted by Crippen LogP contribution is 2.34. The smallest absolute Gasteiger partial charge is 0.308 e. The third-order valence-corrected chi connectivity index (χ3v) is 8.06. The van der Waals surface area contributed by atoms with E-state index in [2.05, 4.69) is 4.98 Å². The van der Waals surface area contributed by atoms with Crippen molar-refractivity contribution in [2.75, 3.05) is 32.5 Å². The third kappa shape index (κ3) is 6.39. The average molecular weight is 552 g/mol. The lowest BCUT2D eigenvalue weighted by Crippen LogP contribution is -2.44. The molecular formula is C27H29F4N3O3S. The van der Waals surface area contributed by atoms with Gasteiger partial charge in [-0.25, -0.2) is 17.6 Å². The first kappa shape index (κ1) is 28.1. The topological polar surface area (TPSA) is 88.7 Å². The van der Waals surface area contributed by atoms with Crippen LogP contribution in [0.1, 0.15) is 30.9 Å². The van der Waals surface area contributed by atoms with Crippen molar-refractivity contribution in [2.24, 2.45) is 17.6 Å². The number of nitrogens with two attached hydrogens (primary N) is 1. The quantitative estimate of drug-likeness (QED) is 0.198. The standard InChI is InChI=1S/C27H29F4N3O3S/c1-37-17-3-5-23-18(12-17)25(21(30)13-33-23)22(32)4-2-15-6-7-34(14-19(15)27(35)36)8-9-38-24-11-16(28)10-20(29)26(24)31/h3,5,10-13,15,19,22H,2,4,6-9,14,32H2,1H3,(H,35,36)/t15?,19?,22-/m1/s1. The molecule has 11 heteroatoms. The van der Waals surface area contributed by atoms with Crippen LogP contribution >= 0.6 is 11.8 Å². The first-order valence-electron chi connectivity index (χ1n) is 12.3. The van der Waals surface area contributed by atoms with Crippen LogP contribution in [0.4, 0.5) is 17.6 Å². The fourth-order valence-corrected chi connectivity index (χ4v) is 6.02. The number of likely N-dealkylation sites (tertiary alicyclic amines) is 1. The van der Waals surface area contributed by atoms with Gasteiger partial charge in [0.15, 0.2) is 11.6 Å². The zero-order valence-corrected chi connectivity index (χ0v) is 21.6. The van der Waals surface area contributed by atoms with Crippen LogP contribution in [0, 0.1) is 35.1 Å². The Balaban J connectivity index is 1.36. The first-order chi connectivity index (χ1) is 18.2. The number of nitrogens with zero attached hydrogens (tertiary/aromatic N) is 2. The largest absolute Gasteiger partial charge is 0.497 e. The van der Waals surface area contributed by atoms with Gasteiger partial charge in [0, 0.05) is 46.8 Å². The number of aromatic nitrogens is 1. The highest BCUT2D eigenvalue weighted by molar-refractivity contribution is 7.99. The number of methoxy groups -OCH3 is 1. The number of hydrogen-bond acceptors (Lipinski definition) is 6. The second-order valence-electron chi connectivity index (χ2n) is 9.43. The number of halogens is 4. The number of thioether (sulfide) groups is 1. The van der Waals surface area contributed by atoms with E-state index in [-0.39, 0.29) is 10.8 Å². The fraction of sp³-hybridized carbons (Fsp3) is 0.407. The molecule has 2 aromatic carbocycles. The minimum absolute atomic E-state index is 0.116. The van der Waals surface area contributed by atoms with Gasteiger partial charge < -0.3 is 20.5 Å². The maximum absolute atomic E-state index is 14.8. The van der Waals surface area contributed by atoms with E-state index < -0.39 is 41.2 Å². The average Bonchev–Trinajstić information content (AvgIpc) is 2.89. The monoisotopic (exact) mass is 551 g/mol. The van der Waals surface area contributed by atoms with Gasteiger partial charge in [-0.3, -0.25) is 9.78 Å². The molecule has 0 radical (unpaired) electrons. The predicted octanol–water partition coefficient (Wildman–Crippen LogP) is 5.39. The van der Waals surface area contributed by atoms with Crippen molar-refractivity contribution < 1.29 is 32.2 Å². The molecule has 1 saturated heterocycles. The van der Waals surface area contributed by atoms with Crippen LogP contribution in [-0.2, 0) is 4.79 Å². The van der Waals surface area contributed by atoms with Crippen molar-refractivity contribution in [3.8, 4) is 5.75 Å². The van der Waals surface area contributed by atoms with Crippen LogP contribution in [0.15, 0.2) is 41.4 Å². The summed E-state index contributed by atoms with van der Waals surface area (Å²) in [6.07, 6.45) is 2.64. The molecule has 38 heavy (non-hydrogen) atoms. The maximum Gasteiger partial charge on any atom is 0.308 e. The number of aliphatic carboxylic acids is 1. The number of ether oxygens (including phenoxy) is 1. The zero-order chi connectivity index (χ0) is 27.4. The lowest BCUT2D eigenvalue weighted by molar-refractivity contribution is -0.146. The summed E-state index contributed by atoms with van der Waals surface area (Å²) in [6, 6.07) is 5.95. The molecular weight excluding hydrogens is 522 g/mol. The molecule has 2 heterocycles. The summed E-state index contributed by atoms with van der Waals surface area (Å²) < 4.78 is 60.8. The normalized spacial score (nSPS) is 19.0. The van der Waals surface area contributed by atoms with Gasteiger partial charge >= 0.3 is 5.97 Å². The van der Waals surface area contributed by atoms with E-state index >= 15 is 0 Å². The van der Waals surface area contributed by atoms with Crippen LogP contribution in [0.2, 0.25) is 0 Å². The Morgan fingerprint density at radius 3 is 2.76 bits per heavy atom. The Morgan fingerprint density at radius 1 is 1.24 bits per heavy atom. The van der Waals surface area contributed by atoms with E-state index in [9.17, 15) is 27.5 Å². The van der Waals surface area contributed by atoms with Crippen molar-refractivity contribution in [1.82, 2.24) is 9.88 Å². The second-order valence-corrected chi connectivity index (χ2v) is 10.6. The number of piperidine rings is 1. The van der Waals surface area contributed by atoms with Gasteiger partial charge in [-0.1, -0.05) is 0 Å². The molecule has 0 saturated carbocycles. The van der Waals surface area contributed by atoms with E-state index in [0.717, 1.165) is 24.0 Å². The number of rotatable bonds is 10. The highest BCUT2D eigenvalue weighted by Gasteiger charge is 2.34. The molecule has 4 rings (SSSR count). The molecule has 3 aromatic rings. The van der Waals surface area contributed by atoms with Crippen LogP contribution < -0.4 is 10.5 Å². The van der Waals surface area contributed by atoms with E-state index in [1.54, 1.807) is 18.2 Å². The van der Waals surface area contributed by atoms with Crippen molar-refractivity contribution in [2.45, 2.75) is 30.2 Å². The molecule has 3 N–H and O–H groups in total. The summed E-state index contributed by atoms with van der Waals surface area (Å²) in [6.45, 7) is 1.35. The number of carboxylic acids is 1. The lowest BCUT2D eigenvalue weighted by atomic mass is 9.81. The number of pyridine rings is 1. The lowest BCUT2D eigenvalue weighted by Gasteiger charge is -2.37. The van der Waals surface area contributed by atoms with Gasteiger partial charge in [-0.05, 0) is 56.0 Å². The number of carbonyl (C=O) groups is 1. The van der Waals surface area contributed by atoms with Crippen molar-refractivity contribution in [3.05, 3.63) is 65.4 Å². The zero-order valence-electron chi connectivity index (χ0n) is 20.8. The molecule has 1 aromatic heterocycles. The molecule has 1 aliphatic heterocycles. The van der Waals surface area contributed by atoms with Gasteiger partial charge in [-0.2, -0.15) is 0 Å². The van der Waals surface area contributed by atoms with Gasteiger partial charge in [0.25, 0.3) is 0 Å². The van der Waals surface area contributed by atoms with Crippen LogP contribution in [0.3, 0.4) is 0 Å². The Morgan fingerprint density at radius 2 is 2.03 bits per heavy atom. The Kier molecular flexibility index (Phi) is 9.11. The molecule has 1 aliphatic rings. The molecule has 6 nitrogen and oxygen atoms in total. The molecule has 0 bridgehead atoms. The Labute approximate surface area is 222 Å². The minimum atomic E-state index is -1.24. The summed E-state index contributed by atoms with van der Waals surface area (Å²) in [5.74, 6) is -4.52. The van der Waals surface area contributed by atoms with Gasteiger partial charge in [0.2, 0.25) is 0 Å². The molecule has 3 atom stereocenters. The number of benzene rings is 2. The molecule has 0 spiro atoms. The predicted molar refractivity (Wildman–Crippen MR) is 137 cm³/mol. The summed E-state index contributed by atoms with van der Waals surface area (Å²) in [5.41, 5.74) is 7.34. The van der Waals surface area contributed by atoms with Gasteiger partial charge in [0.05, 0.1) is 24.7 Å². The molecule has 0 amide bonds. The van der Waals surface area contributed by atoms with Crippen molar-refractivity contribution in [3.63, 3.8) is 0 Å². The first-order valence-corrected chi connectivity index (χ1v) is 13.3. The van der Waals surface area contributed by atoms with E-state index in [0.29, 0.717) is 72.9 Å². The molecule has 1 fully saturated rings. The third-order valence-electron chi connectivity index (χ3n) is 7.07. The highest BCUT2D eigenvalue weighted by atomic mass is 32.2. The Bertz CT molecular complexity index is 1310. The van der Waals surface area contributed by atoms with E-state index in [1.807, 2.05) is 4.90 Å². The summed E-state index contributed by atoms with van der Waals surface area (Å²) in [7, 11) is 1.52. The molecule has 204 valence electrons. The van der Waals surface area contributed by atoms with Crippen molar-refractivity contribution >= 4 is 28.6 Å². The fourth-order valence-electron chi connectivity index (χ4n) is 5.03. The second kappa shape index (κ2) is 12.3. The number of fused-ring (bicyclic) bond motifs is 1. The molecule has 0 aliphatic carbocycles. The number of carboxylic acid groups (broad SMARTS) is 1. The van der Waals surface area contributed by atoms with E-state index in [4.69, 9.17) is 10.5 Å². The summed E-state index contributed by atoms with van der Waals surface area (Å²) in [4.78, 5) is 18.0. The molecule has 2 unspecified atom stereocenters. The minimum Gasteiger partial charge on any atom is -0.497 e. The van der Waals surface area contributed by atoms with Crippen LogP contribution in [0.5, 0.6) is 5.75 Å². The van der Waals surface area contributed by atoms with Crippen LogP contribution in [0.25, 0.3) is 10.9 Å².